The van der Waals surface area contributed by atoms with Crippen molar-refractivity contribution in [2.75, 3.05) is 6.61 Å². The van der Waals surface area contributed by atoms with Gasteiger partial charge < -0.3 is 14.2 Å². The van der Waals surface area contributed by atoms with Crippen LogP contribution in [0.2, 0.25) is 0 Å². The van der Waals surface area contributed by atoms with Crippen molar-refractivity contribution in [3.63, 3.8) is 0 Å². The highest BCUT2D eigenvalue weighted by Crippen LogP contribution is 2.24. The lowest BCUT2D eigenvalue weighted by Gasteiger charge is -2.28. The van der Waals surface area contributed by atoms with E-state index in [9.17, 15) is 0 Å². The highest BCUT2D eigenvalue weighted by molar-refractivity contribution is 5.21. The van der Waals surface area contributed by atoms with Gasteiger partial charge in [0.2, 0.25) is 6.29 Å². The molecule has 2 aromatic rings. The molecule has 3 unspecified atom stereocenters. The van der Waals surface area contributed by atoms with Gasteiger partial charge in [-0.2, -0.15) is 5.26 Å². The normalized spacial score (nSPS) is 14.3. The summed E-state index contributed by atoms with van der Waals surface area (Å²) in [6.45, 7) is 9.66. The van der Waals surface area contributed by atoms with Crippen molar-refractivity contribution in [2.24, 2.45) is 11.3 Å². The van der Waals surface area contributed by atoms with Gasteiger partial charge in [0, 0.05) is 13.0 Å². The van der Waals surface area contributed by atoms with Crippen LogP contribution in [0.5, 0.6) is 5.75 Å². The Balaban J connectivity index is 1.92. The summed E-state index contributed by atoms with van der Waals surface area (Å²) in [6, 6.07) is 22.4. The summed E-state index contributed by atoms with van der Waals surface area (Å²) < 4.78 is 18.8. The van der Waals surface area contributed by atoms with Crippen molar-refractivity contribution in [2.45, 2.75) is 85.2 Å². The predicted molar refractivity (Wildman–Crippen MR) is 134 cm³/mol. The second kappa shape index (κ2) is 14.7. The van der Waals surface area contributed by atoms with Crippen molar-refractivity contribution < 1.29 is 14.2 Å². The molecule has 2 aromatic carbocycles. The van der Waals surface area contributed by atoms with Crippen molar-refractivity contribution in [1.82, 2.24) is 0 Å². The quantitative estimate of drug-likeness (QED) is 0.195. The largest absolute Gasteiger partial charge is 0.465 e. The third kappa shape index (κ3) is 10.9. The van der Waals surface area contributed by atoms with Gasteiger partial charge in [0.15, 0.2) is 0 Å². The molecular formula is C29H41NO3. The van der Waals surface area contributed by atoms with E-state index in [0.29, 0.717) is 18.9 Å². The SMILES string of the molecule is CCC(C)C(CC(OCc1ccccc1)Oc1ccccc1)OCCCCCC(C)(C)C#N. The second-order valence-corrected chi connectivity index (χ2v) is 9.49. The molecule has 4 heteroatoms. The number of nitrogens with zero attached hydrogens (tertiary/aromatic N) is 1. The van der Waals surface area contributed by atoms with Crippen LogP contribution >= 0.6 is 0 Å². The summed E-state index contributed by atoms with van der Waals surface area (Å²) in [5.74, 6) is 1.21. The fraction of sp³-hybridized carbons (Fsp3) is 0.552. The Morgan fingerprint density at radius 1 is 0.909 bits per heavy atom. The fourth-order valence-corrected chi connectivity index (χ4v) is 3.62. The summed E-state index contributed by atoms with van der Waals surface area (Å²) in [5.41, 5.74) is 0.888. The molecule has 0 aliphatic carbocycles. The maximum absolute atomic E-state index is 9.17. The average Bonchev–Trinajstić information content (AvgIpc) is 2.84. The zero-order valence-corrected chi connectivity index (χ0v) is 20.8. The van der Waals surface area contributed by atoms with Crippen LogP contribution in [0, 0.1) is 22.7 Å². The molecule has 180 valence electrons. The third-order valence-corrected chi connectivity index (χ3v) is 6.07. The zero-order chi connectivity index (χ0) is 23.9. The molecule has 33 heavy (non-hydrogen) atoms. The molecule has 0 heterocycles. The standard InChI is InChI=1S/C29H41NO3/c1-5-24(2)27(31-20-14-8-13-19-29(3,4)23-30)21-28(33-26-17-11-7-12-18-26)32-22-25-15-9-6-10-16-25/h6-7,9-12,15-18,24,27-28H,5,8,13-14,19-22H2,1-4H3. The van der Waals surface area contributed by atoms with Crippen LogP contribution in [-0.2, 0) is 16.1 Å². The number of ether oxygens (including phenoxy) is 3. The van der Waals surface area contributed by atoms with Crippen LogP contribution in [0.25, 0.3) is 0 Å². The lowest BCUT2D eigenvalue weighted by Crippen LogP contribution is -2.32. The molecule has 3 atom stereocenters. The number of unbranched alkanes of at least 4 members (excludes halogenated alkanes) is 2. The molecule has 0 saturated carbocycles. The molecule has 0 aromatic heterocycles. The summed E-state index contributed by atoms with van der Waals surface area (Å²) in [4.78, 5) is 0. The van der Waals surface area contributed by atoms with Gasteiger partial charge in [0.1, 0.15) is 5.75 Å². The summed E-state index contributed by atoms with van der Waals surface area (Å²) >= 11 is 0. The van der Waals surface area contributed by atoms with E-state index in [-0.39, 0.29) is 17.8 Å². The van der Waals surface area contributed by atoms with Gasteiger partial charge in [-0.25, -0.2) is 0 Å². The minimum absolute atomic E-state index is 0.0648. The third-order valence-electron chi connectivity index (χ3n) is 6.07. The van der Waals surface area contributed by atoms with Crippen LogP contribution in [0.15, 0.2) is 60.7 Å². The molecule has 2 rings (SSSR count). The molecule has 0 amide bonds. The van der Waals surface area contributed by atoms with Gasteiger partial charge in [-0.3, -0.25) is 0 Å². The maximum Gasteiger partial charge on any atom is 0.202 e. The predicted octanol–water partition coefficient (Wildman–Crippen LogP) is 7.54. The van der Waals surface area contributed by atoms with Gasteiger partial charge in [-0.1, -0.05) is 81.6 Å². The van der Waals surface area contributed by atoms with Gasteiger partial charge in [-0.05, 0) is 50.3 Å². The Hall–Kier alpha value is -2.35. The van der Waals surface area contributed by atoms with Crippen LogP contribution < -0.4 is 4.74 Å². The van der Waals surface area contributed by atoms with E-state index in [1.54, 1.807) is 0 Å². The number of hydrogen-bond acceptors (Lipinski definition) is 4. The van der Waals surface area contributed by atoms with Crippen LogP contribution in [-0.4, -0.2) is 19.0 Å². The number of hydrogen-bond donors (Lipinski definition) is 0. The van der Waals surface area contributed by atoms with Gasteiger partial charge in [0.05, 0.1) is 24.2 Å². The molecule has 0 radical (unpaired) electrons. The first kappa shape index (κ1) is 26.9. The number of nitriles is 1. The Morgan fingerprint density at radius 2 is 1.58 bits per heavy atom. The van der Waals surface area contributed by atoms with Crippen LogP contribution in [0.3, 0.4) is 0 Å². The van der Waals surface area contributed by atoms with Crippen molar-refractivity contribution in [1.29, 1.82) is 5.26 Å². The highest BCUT2D eigenvalue weighted by Gasteiger charge is 2.24. The van der Waals surface area contributed by atoms with Crippen molar-refractivity contribution in [3.05, 3.63) is 66.2 Å². The van der Waals surface area contributed by atoms with Crippen LogP contribution in [0.1, 0.15) is 71.8 Å². The van der Waals surface area contributed by atoms with Crippen molar-refractivity contribution >= 4 is 0 Å². The van der Waals surface area contributed by atoms with Crippen molar-refractivity contribution in [3.8, 4) is 11.8 Å². The van der Waals surface area contributed by atoms with E-state index in [1.165, 1.54) is 0 Å². The fourth-order valence-electron chi connectivity index (χ4n) is 3.62. The number of rotatable bonds is 16. The first-order chi connectivity index (χ1) is 15.9. The first-order valence-electron chi connectivity index (χ1n) is 12.3. The van der Waals surface area contributed by atoms with E-state index in [4.69, 9.17) is 19.5 Å². The smallest absolute Gasteiger partial charge is 0.202 e. The Labute approximate surface area is 200 Å². The minimum Gasteiger partial charge on any atom is -0.465 e. The lowest BCUT2D eigenvalue weighted by atomic mass is 9.89. The average molecular weight is 452 g/mol. The number of benzene rings is 2. The van der Waals surface area contributed by atoms with Gasteiger partial charge >= 0.3 is 0 Å². The molecule has 4 nitrogen and oxygen atoms in total. The molecule has 0 aliphatic heterocycles. The monoisotopic (exact) mass is 451 g/mol. The maximum atomic E-state index is 9.17. The molecule has 0 aliphatic rings. The summed E-state index contributed by atoms with van der Waals surface area (Å²) in [6.07, 6.45) is 5.46. The highest BCUT2D eigenvalue weighted by atomic mass is 16.7. The van der Waals surface area contributed by atoms with E-state index < -0.39 is 0 Å². The van der Waals surface area contributed by atoms with Crippen LogP contribution in [0.4, 0.5) is 0 Å². The zero-order valence-electron chi connectivity index (χ0n) is 20.8. The number of para-hydroxylation sites is 1. The van der Waals surface area contributed by atoms with E-state index in [0.717, 1.165) is 50.0 Å². The minimum atomic E-state index is -0.386. The Bertz CT molecular complexity index is 801. The molecule has 0 saturated heterocycles. The van der Waals surface area contributed by atoms with Gasteiger partial charge in [-0.15, -0.1) is 0 Å². The Kier molecular flexibility index (Phi) is 12.0. The lowest BCUT2D eigenvalue weighted by molar-refractivity contribution is -0.126. The van der Waals surface area contributed by atoms with Gasteiger partial charge in [0.25, 0.3) is 0 Å². The molecular weight excluding hydrogens is 410 g/mol. The second-order valence-electron chi connectivity index (χ2n) is 9.49. The Morgan fingerprint density at radius 3 is 2.21 bits per heavy atom. The summed E-state index contributed by atoms with van der Waals surface area (Å²) in [7, 11) is 0. The van der Waals surface area contributed by atoms with E-state index in [1.807, 2.05) is 62.4 Å². The van der Waals surface area contributed by atoms with E-state index >= 15 is 0 Å². The molecule has 0 spiro atoms. The summed E-state index contributed by atoms with van der Waals surface area (Å²) in [5, 5.41) is 9.17. The molecule has 0 bridgehead atoms. The van der Waals surface area contributed by atoms with E-state index in [2.05, 4.69) is 32.0 Å². The molecule has 0 N–H and O–H groups in total. The topological polar surface area (TPSA) is 51.5 Å². The first-order valence-corrected chi connectivity index (χ1v) is 12.3. The molecule has 0 fully saturated rings.